The summed E-state index contributed by atoms with van der Waals surface area (Å²) in [6, 6.07) is 14.9. The Morgan fingerprint density at radius 1 is 0.870 bits per heavy atom. The van der Waals surface area contributed by atoms with E-state index in [0.717, 1.165) is 4.57 Å². The number of benzene rings is 2. The number of aromatic nitrogens is 1. The van der Waals surface area contributed by atoms with E-state index in [4.69, 9.17) is 4.74 Å². The maximum atomic E-state index is 12.5. The SMILES string of the molecule is O=C1NC(=O)n2c1cc1ccc(Oc3ccccc3)cc1c2=O. The smallest absolute Gasteiger partial charge is 0.336 e. The summed E-state index contributed by atoms with van der Waals surface area (Å²) in [5.41, 5.74) is -0.497. The fraction of sp³-hybridized carbons (Fsp3) is 0. The number of nitrogens with zero attached hydrogens (tertiary/aromatic N) is 1. The van der Waals surface area contributed by atoms with Crippen molar-refractivity contribution in [3.05, 3.63) is 70.6 Å². The van der Waals surface area contributed by atoms with Crippen molar-refractivity contribution in [2.45, 2.75) is 0 Å². The number of fused-ring (bicyclic) bond motifs is 2. The van der Waals surface area contributed by atoms with Crippen molar-refractivity contribution < 1.29 is 14.3 Å². The number of pyridine rings is 1. The molecule has 0 aliphatic carbocycles. The fourth-order valence-corrected chi connectivity index (χ4v) is 2.56. The Morgan fingerprint density at radius 3 is 2.43 bits per heavy atom. The van der Waals surface area contributed by atoms with Gasteiger partial charge in [-0.1, -0.05) is 24.3 Å². The highest BCUT2D eigenvalue weighted by molar-refractivity contribution is 6.12. The van der Waals surface area contributed by atoms with Crippen molar-refractivity contribution in [1.82, 2.24) is 9.88 Å². The predicted molar refractivity (Wildman–Crippen MR) is 83.0 cm³/mol. The molecular weight excluding hydrogens is 296 g/mol. The average Bonchev–Trinajstić information content (AvgIpc) is 2.84. The van der Waals surface area contributed by atoms with E-state index < -0.39 is 17.5 Å². The number of hydrogen-bond acceptors (Lipinski definition) is 4. The molecule has 1 aliphatic rings. The molecule has 0 spiro atoms. The van der Waals surface area contributed by atoms with Gasteiger partial charge in [-0.3, -0.25) is 14.9 Å². The van der Waals surface area contributed by atoms with Crippen LogP contribution in [-0.4, -0.2) is 16.5 Å². The topological polar surface area (TPSA) is 77.4 Å². The summed E-state index contributed by atoms with van der Waals surface area (Å²) in [6.45, 7) is 0. The second-order valence-corrected chi connectivity index (χ2v) is 5.09. The Hall–Kier alpha value is -3.41. The van der Waals surface area contributed by atoms with Gasteiger partial charge in [0.1, 0.15) is 17.2 Å². The van der Waals surface area contributed by atoms with E-state index in [1.807, 2.05) is 18.2 Å². The lowest BCUT2D eigenvalue weighted by Crippen LogP contribution is -2.28. The first-order valence-corrected chi connectivity index (χ1v) is 6.92. The molecule has 2 aromatic carbocycles. The maximum Gasteiger partial charge on any atom is 0.336 e. The van der Waals surface area contributed by atoms with Crippen molar-refractivity contribution in [2.75, 3.05) is 0 Å². The number of amides is 2. The molecule has 1 aromatic heterocycles. The maximum absolute atomic E-state index is 12.5. The Bertz CT molecular complexity index is 1020. The summed E-state index contributed by atoms with van der Waals surface area (Å²) in [7, 11) is 0. The third-order valence-corrected chi connectivity index (χ3v) is 3.63. The summed E-state index contributed by atoms with van der Waals surface area (Å²) < 4.78 is 6.54. The standard InChI is InChI=1S/C17H10N2O4/c20-15-14-8-10-6-7-12(23-11-4-2-1-3-5-11)9-13(10)16(21)19(14)17(22)18-15/h1-9H,(H,18,20,22). The lowest BCUT2D eigenvalue weighted by atomic mass is 10.1. The minimum absolute atomic E-state index is 0.0456. The zero-order chi connectivity index (χ0) is 16.0. The van der Waals surface area contributed by atoms with Crippen LogP contribution in [-0.2, 0) is 0 Å². The monoisotopic (exact) mass is 306 g/mol. The predicted octanol–water partition coefficient (Wildman–Crippen LogP) is 2.51. The van der Waals surface area contributed by atoms with Crippen LogP contribution in [0.15, 0.2) is 59.4 Å². The third-order valence-electron chi connectivity index (χ3n) is 3.63. The number of carbonyl (C=O) groups excluding carboxylic acids is 2. The van der Waals surface area contributed by atoms with Crippen LogP contribution in [0.3, 0.4) is 0 Å². The molecule has 1 aliphatic heterocycles. The highest BCUT2D eigenvalue weighted by Crippen LogP contribution is 2.25. The number of nitrogens with one attached hydrogen (secondary N) is 1. The van der Waals surface area contributed by atoms with Crippen LogP contribution in [0, 0.1) is 0 Å². The van der Waals surface area contributed by atoms with Crippen molar-refractivity contribution >= 4 is 22.7 Å². The molecule has 112 valence electrons. The van der Waals surface area contributed by atoms with Crippen molar-refractivity contribution in [3.63, 3.8) is 0 Å². The number of hydrogen-bond donors (Lipinski definition) is 1. The summed E-state index contributed by atoms with van der Waals surface area (Å²) in [5, 5.41) is 2.99. The molecule has 0 fully saturated rings. The van der Waals surface area contributed by atoms with Crippen LogP contribution < -0.4 is 15.6 Å². The van der Waals surface area contributed by atoms with Gasteiger partial charge in [0.2, 0.25) is 0 Å². The van der Waals surface area contributed by atoms with Gasteiger partial charge in [-0.25, -0.2) is 9.36 Å². The summed E-state index contributed by atoms with van der Waals surface area (Å²) in [6.07, 6.45) is 0. The second kappa shape index (κ2) is 4.81. The number of rotatable bonds is 2. The van der Waals surface area contributed by atoms with Gasteiger partial charge in [-0.2, -0.15) is 0 Å². The van der Waals surface area contributed by atoms with Crippen LogP contribution in [0.5, 0.6) is 11.5 Å². The van der Waals surface area contributed by atoms with E-state index in [-0.39, 0.29) is 5.69 Å². The number of carbonyl (C=O) groups is 2. The lowest BCUT2D eigenvalue weighted by Gasteiger charge is -2.07. The number of para-hydroxylation sites is 1. The fourth-order valence-electron chi connectivity index (χ4n) is 2.56. The molecule has 6 nitrogen and oxygen atoms in total. The summed E-state index contributed by atoms with van der Waals surface area (Å²) in [4.78, 5) is 35.9. The van der Waals surface area contributed by atoms with E-state index in [1.54, 1.807) is 30.3 Å². The largest absolute Gasteiger partial charge is 0.457 e. The quantitative estimate of drug-likeness (QED) is 0.789. The Kier molecular flexibility index (Phi) is 2.77. The van der Waals surface area contributed by atoms with E-state index in [2.05, 4.69) is 5.32 Å². The van der Waals surface area contributed by atoms with E-state index in [9.17, 15) is 14.4 Å². The number of imide groups is 1. The Labute approximate surface area is 129 Å². The Balaban J connectivity index is 1.87. The van der Waals surface area contributed by atoms with Crippen LogP contribution in [0.2, 0.25) is 0 Å². The average molecular weight is 306 g/mol. The van der Waals surface area contributed by atoms with Gasteiger partial charge in [-0.05, 0) is 35.7 Å². The third kappa shape index (κ3) is 2.08. The zero-order valence-electron chi connectivity index (χ0n) is 11.8. The summed E-state index contributed by atoms with van der Waals surface area (Å²) >= 11 is 0. The second-order valence-electron chi connectivity index (χ2n) is 5.09. The van der Waals surface area contributed by atoms with E-state index in [0.29, 0.717) is 22.3 Å². The lowest BCUT2D eigenvalue weighted by molar-refractivity contribution is 0.0976. The van der Waals surface area contributed by atoms with Crippen molar-refractivity contribution in [2.24, 2.45) is 0 Å². The van der Waals surface area contributed by atoms with Crippen LogP contribution in [0.4, 0.5) is 4.79 Å². The normalized spacial score (nSPS) is 13.0. The van der Waals surface area contributed by atoms with Crippen molar-refractivity contribution in [1.29, 1.82) is 0 Å². The first kappa shape index (κ1) is 13.3. The molecule has 0 saturated carbocycles. The van der Waals surface area contributed by atoms with Crippen molar-refractivity contribution in [3.8, 4) is 11.5 Å². The molecule has 3 aromatic rings. The van der Waals surface area contributed by atoms with Crippen LogP contribution >= 0.6 is 0 Å². The highest BCUT2D eigenvalue weighted by atomic mass is 16.5. The Morgan fingerprint density at radius 2 is 1.65 bits per heavy atom. The van der Waals surface area contributed by atoms with E-state index >= 15 is 0 Å². The molecular formula is C17H10N2O4. The summed E-state index contributed by atoms with van der Waals surface area (Å²) in [5.74, 6) is 0.547. The molecule has 2 amide bonds. The van der Waals surface area contributed by atoms with Gasteiger partial charge >= 0.3 is 6.03 Å². The molecule has 1 N–H and O–H groups in total. The van der Waals surface area contributed by atoms with Gasteiger partial charge in [-0.15, -0.1) is 0 Å². The molecule has 0 bridgehead atoms. The molecule has 0 radical (unpaired) electrons. The molecule has 0 unspecified atom stereocenters. The molecule has 4 rings (SSSR count). The molecule has 2 heterocycles. The van der Waals surface area contributed by atoms with Gasteiger partial charge in [0.05, 0.1) is 5.39 Å². The molecule has 23 heavy (non-hydrogen) atoms. The van der Waals surface area contributed by atoms with Gasteiger partial charge in [0, 0.05) is 0 Å². The molecule has 6 heteroatoms. The number of ether oxygens (including phenoxy) is 1. The van der Waals surface area contributed by atoms with E-state index in [1.165, 1.54) is 6.07 Å². The van der Waals surface area contributed by atoms with Gasteiger partial charge in [0.25, 0.3) is 11.5 Å². The minimum Gasteiger partial charge on any atom is -0.457 e. The molecule has 0 saturated heterocycles. The zero-order valence-corrected chi connectivity index (χ0v) is 11.8. The highest BCUT2D eigenvalue weighted by Gasteiger charge is 2.28. The van der Waals surface area contributed by atoms with Gasteiger partial charge in [0.15, 0.2) is 0 Å². The first-order valence-electron chi connectivity index (χ1n) is 6.92. The van der Waals surface area contributed by atoms with Crippen LogP contribution in [0.25, 0.3) is 10.8 Å². The van der Waals surface area contributed by atoms with Gasteiger partial charge < -0.3 is 4.74 Å². The first-order chi connectivity index (χ1) is 11.1. The molecule has 0 atom stereocenters. The van der Waals surface area contributed by atoms with Crippen LogP contribution in [0.1, 0.15) is 10.5 Å². The minimum atomic E-state index is -0.730.